The second-order valence-corrected chi connectivity index (χ2v) is 9.05. The smallest absolute Gasteiger partial charge is 0.419 e. The maximum absolute atomic E-state index is 12.5. The van der Waals surface area contributed by atoms with Gasteiger partial charge in [-0.1, -0.05) is 0 Å². The largest absolute Gasteiger partial charge is 0.469 e. The number of piperidine rings is 1. The van der Waals surface area contributed by atoms with Gasteiger partial charge in [0.1, 0.15) is 18.2 Å². The van der Waals surface area contributed by atoms with E-state index in [1.807, 2.05) is 35.8 Å². The number of aromatic amines is 1. The van der Waals surface area contributed by atoms with Crippen LogP contribution in [-0.2, 0) is 7.05 Å². The molecule has 1 aliphatic heterocycles. The van der Waals surface area contributed by atoms with Gasteiger partial charge in [-0.2, -0.15) is 0 Å². The molecule has 0 spiro atoms. The molecule has 1 atom stereocenters. The normalized spacial score (nSPS) is 18.5. The molecule has 0 aromatic carbocycles. The summed E-state index contributed by atoms with van der Waals surface area (Å²) in [6.07, 6.45) is 6.97. The summed E-state index contributed by atoms with van der Waals surface area (Å²) in [6, 6.07) is 5.70. The van der Waals surface area contributed by atoms with E-state index in [0.29, 0.717) is 23.4 Å². The molecular weight excluding hydrogens is 450 g/mol. The van der Waals surface area contributed by atoms with Crippen molar-refractivity contribution in [3.05, 3.63) is 62.5 Å². The quantitative estimate of drug-likeness (QED) is 0.451. The number of H-pyrrole nitrogens is 1. The van der Waals surface area contributed by atoms with Crippen LogP contribution in [0.5, 0.6) is 5.88 Å². The molecule has 0 saturated carbocycles. The second kappa shape index (κ2) is 8.26. The minimum absolute atomic E-state index is 0.0966. The van der Waals surface area contributed by atoms with Gasteiger partial charge in [0, 0.05) is 50.9 Å². The Morgan fingerprint density at radius 3 is 2.83 bits per heavy atom. The van der Waals surface area contributed by atoms with Crippen LogP contribution in [0, 0.1) is 0 Å². The number of hydrogen-bond acceptors (Lipinski definition) is 8. The van der Waals surface area contributed by atoms with Crippen LogP contribution in [-0.4, -0.2) is 48.3 Å². The van der Waals surface area contributed by atoms with E-state index < -0.39 is 0 Å². The highest BCUT2D eigenvalue weighted by Crippen LogP contribution is 2.28. The first-order valence-electron chi connectivity index (χ1n) is 11.6. The third-order valence-corrected chi connectivity index (χ3v) is 6.83. The molecule has 11 nitrogen and oxygen atoms in total. The summed E-state index contributed by atoms with van der Waals surface area (Å²) < 4.78 is 14.8. The highest BCUT2D eigenvalue weighted by Gasteiger charge is 2.25. The molecule has 6 rings (SSSR count). The topological polar surface area (TPSA) is 124 Å². The molecule has 4 aromatic heterocycles. The summed E-state index contributed by atoms with van der Waals surface area (Å²) in [5.74, 6) is 0.863. The van der Waals surface area contributed by atoms with Crippen LogP contribution >= 0.6 is 0 Å². The predicted molar refractivity (Wildman–Crippen MR) is 129 cm³/mol. The Labute approximate surface area is 199 Å². The number of imidazole rings is 1. The Hall–Kier alpha value is -4.15. The van der Waals surface area contributed by atoms with E-state index in [4.69, 9.17) is 9.15 Å². The fourth-order valence-corrected chi connectivity index (χ4v) is 5.18. The summed E-state index contributed by atoms with van der Waals surface area (Å²) in [6.45, 7) is 3.48. The van der Waals surface area contributed by atoms with Crippen LogP contribution in [0.25, 0.3) is 22.8 Å². The van der Waals surface area contributed by atoms with Gasteiger partial charge in [0.15, 0.2) is 11.1 Å². The minimum atomic E-state index is -0.384. The van der Waals surface area contributed by atoms with Gasteiger partial charge in [-0.25, -0.2) is 24.5 Å². The molecule has 5 heterocycles. The summed E-state index contributed by atoms with van der Waals surface area (Å²) >= 11 is 0. The lowest BCUT2D eigenvalue weighted by molar-refractivity contribution is 0.254. The van der Waals surface area contributed by atoms with Gasteiger partial charge in [-0.15, -0.1) is 0 Å². The highest BCUT2D eigenvalue weighted by atomic mass is 16.5. The Morgan fingerprint density at radius 1 is 1.17 bits per heavy atom. The first-order chi connectivity index (χ1) is 17.0. The molecule has 35 heavy (non-hydrogen) atoms. The van der Waals surface area contributed by atoms with Gasteiger partial charge in [-0.3, -0.25) is 14.1 Å². The van der Waals surface area contributed by atoms with E-state index in [2.05, 4.69) is 24.8 Å². The van der Waals surface area contributed by atoms with Crippen LogP contribution in [0.3, 0.4) is 0 Å². The molecule has 1 saturated heterocycles. The van der Waals surface area contributed by atoms with E-state index >= 15 is 0 Å². The highest BCUT2D eigenvalue weighted by molar-refractivity contribution is 5.70. The van der Waals surface area contributed by atoms with Crippen molar-refractivity contribution in [3.8, 4) is 5.88 Å². The first-order valence-corrected chi connectivity index (χ1v) is 11.6. The molecule has 1 fully saturated rings. The molecule has 0 bridgehead atoms. The van der Waals surface area contributed by atoms with E-state index in [1.165, 1.54) is 10.9 Å². The number of ether oxygens (including phenoxy) is 1. The van der Waals surface area contributed by atoms with Crippen molar-refractivity contribution in [3.63, 3.8) is 0 Å². The Morgan fingerprint density at radius 2 is 2.00 bits per heavy atom. The number of oxazole rings is 1. The zero-order chi connectivity index (χ0) is 24.1. The lowest BCUT2D eigenvalue weighted by atomic mass is 10.0. The number of hydrogen-bond donors (Lipinski definition) is 1. The zero-order valence-electron chi connectivity index (χ0n) is 19.5. The van der Waals surface area contributed by atoms with Gasteiger partial charge < -0.3 is 14.1 Å². The van der Waals surface area contributed by atoms with Crippen molar-refractivity contribution < 1.29 is 9.15 Å². The van der Waals surface area contributed by atoms with E-state index in [9.17, 15) is 9.59 Å². The number of anilines is 1. The fraction of sp³-hybridized carbons (Fsp3) is 0.375. The molecule has 4 aromatic rings. The van der Waals surface area contributed by atoms with Crippen LogP contribution in [0.2, 0.25) is 0 Å². The SMILES string of the molecule is CC1=c2c(oc(=O)n2C)=CC(Oc2cc(N3CCC(n4c(=O)[nH]c5ncccc54)CC3)ncn2)C1. The fourth-order valence-electron chi connectivity index (χ4n) is 5.18. The van der Waals surface area contributed by atoms with Crippen LogP contribution in [0.4, 0.5) is 5.82 Å². The summed E-state index contributed by atoms with van der Waals surface area (Å²) in [4.78, 5) is 42.4. The number of fused-ring (bicyclic) bond motifs is 2. The van der Waals surface area contributed by atoms with Gasteiger partial charge in [0.25, 0.3) is 0 Å². The first kappa shape index (κ1) is 21.4. The monoisotopic (exact) mass is 475 g/mol. The van der Waals surface area contributed by atoms with Crippen LogP contribution in [0.1, 0.15) is 32.2 Å². The zero-order valence-corrected chi connectivity index (χ0v) is 19.5. The van der Waals surface area contributed by atoms with E-state index in [-0.39, 0.29) is 23.6 Å². The lowest BCUT2D eigenvalue weighted by Crippen LogP contribution is -2.38. The van der Waals surface area contributed by atoms with Crippen molar-refractivity contribution >= 4 is 28.6 Å². The van der Waals surface area contributed by atoms with Crippen LogP contribution < -0.4 is 31.8 Å². The Kier molecular flexibility index (Phi) is 5.05. The summed E-state index contributed by atoms with van der Waals surface area (Å²) in [7, 11) is 1.70. The number of rotatable bonds is 4. The standard InChI is InChI=1S/C24H25N7O4/c1-14-10-16(11-18-21(14)29(2)24(33)35-18)34-20-12-19(26-13-27-20)30-8-5-15(6-9-30)31-17-4-3-7-25-22(17)28-23(31)32/h3-4,7,11-13,15-16H,5-6,8-10H2,1-2H3,(H,25,28,32). The van der Waals surface area contributed by atoms with E-state index in [0.717, 1.165) is 48.2 Å². The number of nitrogens with zero attached hydrogens (tertiary/aromatic N) is 6. The van der Waals surface area contributed by atoms with Crippen molar-refractivity contribution in [1.29, 1.82) is 0 Å². The predicted octanol–water partition coefficient (Wildman–Crippen LogP) is 0.450. The maximum atomic E-state index is 12.5. The van der Waals surface area contributed by atoms with Crippen molar-refractivity contribution in [2.75, 3.05) is 18.0 Å². The summed E-state index contributed by atoms with van der Waals surface area (Å²) in [5.41, 5.74) is 2.89. The number of pyridine rings is 1. The van der Waals surface area contributed by atoms with E-state index in [1.54, 1.807) is 13.2 Å². The molecule has 1 N–H and O–H groups in total. The van der Waals surface area contributed by atoms with Crippen molar-refractivity contribution in [1.82, 2.24) is 29.1 Å². The number of nitrogens with one attached hydrogen (secondary N) is 1. The molecule has 11 heteroatoms. The van der Waals surface area contributed by atoms with Crippen LogP contribution in [0.15, 0.2) is 44.7 Å². The third kappa shape index (κ3) is 3.72. The molecular formula is C24H25N7O4. The average Bonchev–Trinajstić information content (AvgIpc) is 3.34. The van der Waals surface area contributed by atoms with Gasteiger partial charge in [0.2, 0.25) is 5.88 Å². The maximum Gasteiger partial charge on any atom is 0.419 e. The second-order valence-electron chi connectivity index (χ2n) is 9.05. The van der Waals surface area contributed by atoms with Gasteiger partial charge >= 0.3 is 11.4 Å². The van der Waals surface area contributed by atoms with Gasteiger partial charge in [-0.05, 0) is 37.5 Å². The minimum Gasteiger partial charge on any atom is -0.469 e. The van der Waals surface area contributed by atoms with Gasteiger partial charge in [0.05, 0.1) is 10.9 Å². The average molecular weight is 476 g/mol. The molecule has 1 unspecified atom stereocenters. The summed E-state index contributed by atoms with van der Waals surface area (Å²) in [5, 5.41) is 0.811. The molecule has 180 valence electrons. The molecule has 0 amide bonds. The lowest BCUT2D eigenvalue weighted by Gasteiger charge is -2.33. The Balaban J connectivity index is 1.17. The molecule has 2 aliphatic rings. The van der Waals surface area contributed by atoms with Crippen molar-refractivity contribution in [2.45, 2.75) is 38.3 Å². The Bertz CT molecular complexity index is 1650. The van der Waals surface area contributed by atoms with Crippen molar-refractivity contribution in [2.24, 2.45) is 7.05 Å². The number of aromatic nitrogens is 6. The molecule has 1 aliphatic carbocycles. The third-order valence-electron chi connectivity index (χ3n) is 6.83. The molecule has 0 radical (unpaired) electrons.